The van der Waals surface area contributed by atoms with Gasteiger partial charge in [0.15, 0.2) is 11.5 Å². The van der Waals surface area contributed by atoms with E-state index in [0.717, 1.165) is 5.56 Å². The number of ether oxygens (including phenoxy) is 1. The Kier molecular flexibility index (Phi) is 4.12. The third-order valence-corrected chi connectivity index (χ3v) is 3.77. The van der Waals surface area contributed by atoms with Crippen molar-refractivity contribution in [3.63, 3.8) is 0 Å². The second-order valence-corrected chi connectivity index (χ2v) is 5.55. The molecule has 0 radical (unpaired) electrons. The molecule has 1 aliphatic heterocycles. The topological polar surface area (TPSA) is 102 Å². The fourth-order valence-electron chi connectivity index (χ4n) is 2.60. The van der Waals surface area contributed by atoms with Crippen LogP contribution in [0.4, 0.5) is 0 Å². The normalized spacial score (nSPS) is 20.3. The molecule has 1 aromatic carbocycles. The third kappa shape index (κ3) is 3.40. The summed E-state index contributed by atoms with van der Waals surface area (Å²) in [5.41, 5.74) is 0.0263. The predicted octanol–water partition coefficient (Wildman–Crippen LogP) is 1.71. The monoisotopic (exact) mass is 316 g/mol. The molecule has 7 nitrogen and oxygen atoms in total. The molecule has 1 saturated heterocycles. The Morgan fingerprint density at radius 2 is 2.09 bits per heavy atom. The van der Waals surface area contributed by atoms with Crippen LogP contribution >= 0.6 is 0 Å². The lowest BCUT2D eigenvalue weighted by atomic mass is 9.94. The third-order valence-electron chi connectivity index (χ3n) is 3.77. The van der Waals surface area contributed by atoms with Gasteiger partial charge >= 0.3 is 5.97 Å². The quantitative estimate of drug-likeness (QED) is 0.870. The molecule has 0 aliphatic carbocycles. The molecule has 23 heavy (non-hydrogen) atoms. The molecular formula is C16H16N2O5. The fraction of sp³-hybridized carbons (Fsp3) is 0.312. The predicted molar refractivity (Wildman–Crippen MR) is 79.8 cm³/mol. The highest BCUT2D eigenvalue weighted by atomic mass is 16.5. The van der Waals surface area contributed by atoms with E-state index in [9.17, 15) is 9.59 Å². The minimum Gasteiger partial charge on any atom is -0.481 e. The maximum Gasteiger partial charge on any atom is 0.305 e. The highest BCUT2D eigenvalue weighted by molar-refractivity contribution is 5.94. The number of carboxylic acids is 1. The smallest absolute Gasteiger partial charge is 0.305 e. The van der Waals surface area contributed by atoms with Crippen molar-refractivity contribution in [1.82, 2.24) is 10.5 Å². The summed E-state index contributed by atoms with van der Waals surface area (Å²) in [6.45, 7) is 0.593. The summed E-state index contributed by atoms with van der Waals surface area (Å²) in [5.74, 6) is -0.977. The van der Waals surface area contributed by atoms with Crippen LogP contribution < -0.4 is 5.32 Å². The SMILES string of the molecule is O=C(O)CC1(NC(=O)c2cc(-c3ccccc3)on2)CCOC1. The first-order valence-electron chi connectivity index (χ1n) is 7.22. The largest absolute Gasteiger partial charge is 0.481 e. The molecule has 7 heteroatoms. The molecule has 120 valence electrons. The Bertz CT molecular complexity index is 704. The van der Waals surface area contributed by atoms with Crippen LogP contribution in [-0.4, -0.2) is 40.9 Å². The minimum atomic E-state index is -0.985. The van der Waals surface area contributed by atoms with Gasteiger partial charge in [-0.15, -0.1) is 0 Å². The lowest BCUT2D eigenvalue weighted by Gasteiger charge is -2.26. The van der Waals surface area contributed by atoms with Gasteiger partial charge in [-0.05, 0) is 6.42 Å². The van der Waals surface area contributed by atoms with Crippen molar-refractivity contribution in [2.45, 2.75) is 18.4 Å². The number of aromatic nitrogens is 1. The van der Waals surface area contributed by atoms with Crippen LogP contribution in [0.2, 0.25) is 0 Å². The van der Waals surface area contributed by atoms with E-state index in [0.29, 0.717) is 18.8 Å². The van der Waals surface area contributed by atoms with Crippen molar-refractivity contribution in [2.24, 2.45) is 0 Å². The lowest BCUT2D eigenvalue weighted by Crippen LogP contribution is -2.50. The molecule has 0 saturated carbocycles. The second-order valence-electron chi connectivity index (χ2n) is 5.55. The van der Waals surface area contributed by atoms with E-state index in [1.165, 1.54) is 6.07 Å². The van der Waals surface area contributed by atoms with Crippen molar-refractivity contribution in [1.29, 1.82) is 0 Å². The Hall–Kier alpha value is -2.67. The van der Waals surface area contributed by atoms with E-state index < -0.39 is 17.4 Å². The van der Waals surface area contributed by atoms with Gasteiger partial charge in [-0.1, -0.05) is 35.5 Å². The molecule has 1 unspecified atom stereocenters. The van der Waals surface area contributed by atoms with E-state index in [1.807, 2.05) is 30.3 Å². The van der Waals surface area contributed by atoms with Crippen LogP contribution in [0.5, 0.6) is 0 Å². The highest BCUT2D eigenvalue weighted by Crippen LogP contribution is 2.24. The zero-order valence-electron chi connectivity index (χ0n) is 12.3. The molecule has 1 fully saturated rings. The number of rotatable bonds is 5. The number of benzene rings is 1. The van der Waals surface area contributed by atoms with Gasteiger partial charge in [0.25, 0.3) is 5.91 Å². The van der Waals surface area contributed by atoms with E-state index in [-0.39, 0.29) is 18.7 Å². The average molecular weight is 316 g/mol. The van der Waals surface area contributed by atoms with Gasteiger partial charge in [0, 0.05) is 18.2 Å². The van der Waals surface area contributed by atoms with Crippen LogP contribution in [0, 0.1) is 0 Å². The zero-order valence-corrected chi connectivity index (χ0v) is 12.3. The number of hydrogen-bond acceptors (Lipinski definition) is 5. The number of carbonyl (C=O) groups is 2. The molecule has 1 amide bonds. The standard InChI is InChI=1S/C16H16N2O5/c19-14(20)9-16(6-7-22-10-16)17-15(21)12-8-13(23-18-12)11-4-2-1-3-5-11/h1-5,8H,6-7,9-10H2,(H,17,21)(H,19,20). The summed E-state index contributed by atoms with van der Waals surface area (Å²) < 4.78 is 10.4. The number of amides is 1. The number of aliphatic carboxylic acids is 1. The molecule has 0 spiro atoms. The van der Waals surface area contributed by atoms with Crippen LogP contribution in [0.1, 0.15) is 23.3 Å². The van der Waals surface area contributed by atoms with Crippen molar-refractivity contribution in [3.05, 3.63) is 42.1 Å². The van der Waals surface area contributed by atoms with Crippen LogP contribution in [0.3, 0.4) is 0 Å². The van der Waals surface area contributed by atoms with Gasteiger partial charge < -0.3 is 19.7 Å². The number of carbonyl (C=O) groups excluding carboxylic acids is 1. The van der Waals surface area contributed by atoms with E-state index in [1.54, 1.807) is 0 Å². The maximum absolute atomic E-state index is 12.3. The van der Waals surface area contributed by atoms with Gasteiger partial charge in [-0.3, -0.25) is 9.59 Å². The summed E-state index contributed by atoms with van der Waals surface area (Å²) in [4.78, 5) is 23.4. The average Bonchev–Trinajstić information content (AvgIpc) is 3.17. The Labute approximate surface area is 132 Å². The van der Waals surface area contributed by atoms with Gasteiger partial charge in [0.05, 0.1) is 18.6 Å². The zero-order chi connectivity index (χ0) is 16.3. The molecule has 0 bridgehead atoms. The van der Waals surface area contributed by atoms with Crippen LogP contribution in [0.25, 0.3) is 11.3 Å². The van der Waals surface area contributed by atoms with Crippen molar-refractivity contribution >= 4 is 11.9 Å². The number of carboxylic acid groups (broad SMARTS) is 1. The number of hydrogen-bond donors (Lipinski definition) is 2. The summed E-state index contributed by atoms with van der Waals surface area (Å²) in [6, 6.07) is 10.8. The van der Waals surface area contributed by atoms with E-state index in [4.69, 9.17) is 14.4 Å². The van der Waals surface area contributed by atoms with Gasteiger partial charge in [-0.25, -0.2) is 0 Å². The molecule has 1 aliphatic rings. The molecule has 2 aromatic rings. The van der Waals surface area contributed by atoms with Crippen molar-refractivity contribution in [3.8, 4) is 11.3 Å². The van der Waals surface area contributed by atoms with E-state index >= 15 is 0 Å². The lowest BCUT2D eigenvalue weighted by molar-refractivity contribution is -0.138. The summed E-state index contributed by atoms with van der Waals surface area (Å²) >= 11 is 0. The minimum absolute atomic E-state index is 0.112. The maximum atomic E-state index is 12.3. The molecule has 2 N–H and O–H groups in total. The Morgan fingerprint density at radius 1 is 1.30 bits per heavy atom. The summed E-state index contributed by atoms with van der Waals surface area (Å²) in [5, 5.41) is 15.5. The first kappa shape index (κ1) is 15.2. The summed E-state index contributed by atoms with van der Waals surface area (Å²) in [6.07, 6.45) is 0.260. The molecule has 2 heterocycles. The van der Waals surface area contributed by atoms with Crippen molar-refractivity contribution < 1.29 is 24.0 Å². The molecule has 1 atom stereocenters. The molecule has 1 aromatic heterocycles. The molecular weight excluding hydrogens is 300 g/mol. The Balaban J connectivity index is 1.76. The van der Waals surface area contributed by atoms with Gasteiger partial charge in [0.2, 0.25) is 0 Å². The first-order valence-corrected chi connectivity index (χ1v) is 7.22. The van der Waals surface area contributed by atoms with Gasteiger partial charge in [0.1, 0.15) is 0 Å². The van der Waals surface area contributed by atoms with E-state index in [2.05, 4.69) is 10.5 Å². The van der Waals surface area contributed by atoms with Crippen LogP contribution in [0.15, 0.2) is 40.9 Å². The number of nitrogens with one attached hydrogen (secondary N) is 1. The summed E-state index contributed by atoms with van der Waals surface area (Å²) in [7, 11) is 0. The highest BCUT2D eigenvalue weighted by Gasteiger charge is 2.39. The second kappa shape index (κ2) is 6.21. The number of nitrogens with zero attached hydrogens (tertiary/aromatic N) is 1. The first-order chi connectivity index (χ1) is 11.1. The van der Waals surface area contributed by atoms with Crippen LogP contribution in [-0.2, 0) is 9.53 Å². The Morgan fingerprint density at radius 3 is 2.74 bits per heavy atom. The van der Waals surface area contributed by atoms with Gasteiger partial charge in [-0.2, -0.15) is 0 Å². The molecule has 3 rings (SSSR count). The van der Waals surface area contributed by atoms with Crippen molar-refractivity contribution in [2.75, 3.05) is 13.2 Å². The fourth-order valence-corrected chi connectivity index (χ4v) is 2.60.